The van der Waals surface area contributed by atoms with E-state index >= 15 is 0 Å². The minimum absolute atomic E-state index is 0.259. The minimum atomic E-state index is 0.259. The standard InChI is InChI=1S/C15H20N2O/c18-15-2-1-9-17(15)14-7-5-13(6-8-14)11-16-10-12-3-4-12/h5-8,12,16H,1-4,9-11H2. The minimum Gasteiger partial charge on any atom is -0.312 e. The average Bonchev–Trinajstić information content (AvgIpc) is 3.11. The fourth-order valence-electron chi connectivity index (χ4n) is 2.46. The number of hydrogen-bond donors (Lipinski definition) is 1. The first kappa shape index (κ1) is 11.7. The molecule has 1 aliphatic heterocycles. The normalized spacial score (nSPS) is 19.6. The summed E-state index contributed by atoms with van der Waals surface area (Å²) in [6, 6.07) is 8.39. The summed E-state index contributed by atoms with van der Waals surface area (Å²) in [6.07, 6.45) is 4.47. The van der Waals surface area contributed by atoms with Crippen LogP contribution >= 0.6 is 0 Å². The largest absolute Gasteiger partial charge is 0.312 e. The topological polar surface area (TPSA) is 32.3 Å². The van der Waals surface area contributed by atoms with Gasteiger partial charge in [-0.25, -0.2) is 0 Å². The van der Waals surface area contributed by atoms with Gasteiger partial charge >= 0.3 is 0 Å². The summed E-state index contributed by atoms with van der Waals surface area (Å²) >= 11 is 0. The number of rotatable bonds is 5. The van der Waals surface area contributed by atoms with Crippen LogP contribution in [0.1, 0.15) is 31.2 Å². The van der Waals surface area contributed by atoms with Gasteiger partial charge in [-0.2, -0.15) is 0 Å². The molecule has 0 radical (unpaired) electrons. The van der Waals surface area contributed by atoms with Crippen LogP contribution in [0.15, 0.2) is 24.3 Å². The molecule has 1 saturated carbocycles. The third kappa shape index (κ3) is 2.72. The van der Waals surface area contributed by atoms with Crippen molar-refractivity contribution in [3.8, 4) is 0 Å². The Hall–Kier alpha value is -1.35. The molecular weight excluding hydrogens is 224 g/mol. The van der Waals surface area contributed by atoms with Gasteiger partial charge in [0.15, 0.2) is 0 Å². The van der Waals surface area contributed by atoms with Gasteiger partial charge < -0.3 is 10.2 Å². The van der Waals surface area contributed by atoms with E-state index in [4.69, 9.17) is 0 Å². The molecule has 3 rings (SSSR count). The van der Waals surface area contributed by atoms with E-state index in [0.717, 1.165) is 37.7 Å². The zero-order chi connectivity index (χ0) is 12.4. The van der Waals surface area contributed by atoms with Crippen LogP contribution in [0, 0.1) is 5.92 Å². The zero-order valence-electron chi connectivity index (χ0n) is 10.7. The lowest BCUT2D eigenvalue weighted by Crippen LogP contribution is -2.23. The van der Waals surface area contributed by atoms with Gasteiger partial charge in [-0.15, -0.1) is 0 Å². The van der Waals surface area contributed by atoms with E-state index in [2.05, 4.69) is 29.6 Å². The quantitative estimate of drug-likeness (QED) is 0.862. The van der Waals surface area contributed by atoms with Crippen LogP contribution in [-0.2, 0) is 11.3 Å². The lowest BCUT2D eigenvalue weighted by molar-refractivity contribution is -0.117. The lowest BCUT2D eigenvalue weighted by atomic mass is 10.2. The van der Waals surface area contributed by atoms with Crippen LogP contribution in [0.2, 0.25) is 0 Å². The molecule has 18 heavy (non-hydrogen) atoms. The van der Waals surface area contributed by atoms with E-state index in [1.165, 1.54) is 18.4 Å². The van der Waals surface area contributed by atoms with E-state index in [1.54, 1.807) is 0 Å². The lowest BCUT2D eigenvalue weighted by Gasteiger charge is -2.16. The summed E-state index contributed by atoms with van der Waals surface area (Å²) in [4.78, 5) is 13.5. The van der Waals surface area contributed by atoms with Crippen molar-refractivity contribution in [2.75, 3.05) is 18.0 Å². The third-order valence-electron chi connectivity index (χ3n) is 3.78. The van der Waals surface area contributed by atoms with E-state index in [1.807, 2.05) is 4.90 Å². The maximum atomic E-state index is 11.6. The van der Waals surface area contributed by atoms with Crippen molar-refractivity contribution < 1.29 is 4.79 Å². The van der Waals surface area contributed by atoms with E-state index in [0.29, 0.717) is 6.42 Å². The Labute approximate surface area is 108 Å². The molecule has 2 fully saturated rings. The fourth-order valence-corrected chi connectivity index (χ4v) is 2.46. The number of carbonyl (C=O) groups excluding carboxylic acids is 1. The van der Waals surface area contributed by atoms with Crippen LogP contribution in [-0.4, -0.2) is 19.0 Å². The molecule has 1 heterocycles. The molecule has 1 aliphatic carbocycles. The number of nitrogens with one attached hydrogen (secondary N) is 1. The Morgan fingerprint density at radius 3 is 2.61 bits per heavy atom. The molecule has 0 aromatic heterocycles. The summed E-state index contributed by atoms with van der Waals surface area (Å²) in [7, 11) is 0. The van der Waals surface area contributed by atoms with Gasteiger partial charge in [0, 0.05) is 25.2 Å². The fraction of sp³-hybridized carbons (Fsp3) is 0.533. The van der Waals surface area contributed by atoms with E-state index in [-0.39, 0.29) is 5.91 Å². The Bertz CT molecular complexity index is 423. The molecule has 0 spiro atoms. The molecule has 2 aliphatic rings. The van der Waals surface area contributed by atoms with Gasteiger partial charge in [0.2, 0.25) is 5.91 Å². The van der Waals surface area contributed by atoms with Crippen LogP contribution in [0.5, 0.6) is 0 Å². The Morgan fingerprint density at radius 1 is 1.22 bits per heavy atom. The second-order valence-electron chi connectivity index (χ2n) is 5.39. The first-order chi connectivity index (χ1) is 8.83. The van der Waals surface area contributed by atoms with Gasteiger partial charge in [0.05, 0.1) is 0 Å². The Balaban J connectivity index is 1.56. The van der Waals surface area contributed by atoms with Crippen LogP contribution < -0.4 is 10.2 Å². The molecule has 1 amide bonds. The number of hydrogen-bond acceptors (Lipinski definition) is 2. The van der Waals surface area contributed by atoms with Gasteiger partial charge in [-0.3, -0.25) is 4.79 Å². The van der Waals surface area contributed by atoms with Crippen molar-refractivity contribution in [3.05, 3.63) is 29.8 Å². The van der Waals surface area contributed by atoms with Gasteiger partial charge in [-0.05, 0) is 49.4 Å². The first-order valence-electron chi connectivity index (χ1n) is 6.93. The Kier molecular flexibility index (Phi) is 3.33. The van der Waals surface area contributed by atoms with Gasteiger partial charge in [-0.1, -0.05) is 12.1 Å². The number of benzene rings is 1. The summed E-state index contributed by atoms with van der Waals surface area (Å²) in [5.74, 6) is 1.18. The maximum Gasteiger partial charge on any atom is 0.227 e. The number of amides is 1. The SMILES string of the molecule is O=C1CCCN1c1ccc(CNCC2CC2)cc1. The number of nitrogens with zero attached hydrogens (tertiary/aromatic N) is 1. The maximum absolute atomic E-state index is 11.6. The summed E-state index contributed by atoms with van der Waals surface area (Å²) in [6.45, 7) is 2.95. The van der Waals surface area contributed by atoms with E-state index < -0.39 is 0 Å². The van der Waals surface area contributed by atoms with Crippen molar-refractivity contribution >= 4 is 11.6 Å². The smallest absolute Gasteiger partial charge is 0.227 e. The highest BCUT2D eigenvalue weighted by Crippen LogP contribution is 2.27. The molecule has 1 N–H and O–H groups in total. The van der Waals surface area contributed by atoms with Gasteiger partial charge in [0.1, 0.15) is 0 Å². The average molecular weight is 244 g/mol. The number of carbonyl (C=O) groups is 1. The molecule has 3 heteroatoms. The van der Waals surface area contributed by atoms with Crippen molar-refractivity contribution in [1.29, 1.82) is 0 Å². The highest BCUT2D eigenvalue weighted by atomic mass is 16.2. The summed E-state index contributed by atoms with van der Waals surface area (Å²) < 4.78 is 0. The number of anilines is 1. The molecule has 0 unspecified atom stereocenters. The molecule has 1 aromatic carbocycles. The highest BCUT2D eigenvalue weighted by molar-refractivity contribution is 5.95. The molecule has 1 saturated heterocycles. The first-order valence-corrected chi connectivity index (χ1v) is 6.93. The molecule has 96 valence electrons. The third-order valence-corrected chi connectivity index (χ3v) is 3.78. The second kappa shape index (κ2) is 5.11. The van der Waals surface area contributed by atoms with Crippen molar-refractivity contribution in [3.63, 3.8) is 0 Å². The molecule has 0 atom stereocenters. The molecule has 0 bridgehead atoms. The predicted molar refractivity (Wildman–Crippen MR) is 72.5 cm³/mol. The van der Waals surface area contributed by atoms with Gasteiger partial charge in [0.25, 0.3) is 0 Å². The monoisotopic (exact) mass is 244 g/mol. The molecule has 3 nitrogen and oxygen atoms in total. The van der Waals surface area contributed by atoms with Crippen LogP contribution in [0.3, 0.4) is 0 Å². The second-order valence-corrected chi connectivity index (χ2v) is 5.39. The zero-order valence-corrected chi connectivity index (χ0v) is 10.7. The van der Waals surface area contributed by atoms with Crippen LogP contribution in [0.25, 0.3) is 0 Å². The van der Waals surface area contributed by atoms with E-state index in [9.17, 15) is 4.79 Å². The highest BCUT2D eigenvalue weighted by Gasteiger charge is 2.21. The van der Waals surface area contributed by atoms with Crippen LogP contribution in [0.4, 0.5) is 5.69 Å². The molecular formula is C15H20N2O. The van der Waals surface area contributed by atoms with Crippen molar-refractivity contribution in [2.24, 2.45) is 5.92 Å². The van der Waals surface area contributed by atoms with Crippen molar-refractivity contribution in [2.45, 2.75) is 32.2 Å². The molecule has 1 aromatic rings. The summed E-state index contributed by atoms with van der Waals surface area (Å²) in [5, 5.41) is 3.48. The summed E-state index contributed by atoms with van der Waals surface area (Å²) in [5.41, 5.74) is 2.34. The predicted octanol–water partition coefficient (Wildman–Crippen LogP) is 2.31. The van der Waals surface area contributed by atoms with Crippen molar-refractivity contribution in [1.82, 2.24) is 5.32 Å². The Morgan fingerprint density at radius 2 is 2.00 bits per heavy atom.